The lowest BCUT2D eigenvalue weighted by Gasteiger charge is -2.06. The van der Waals surface area contributed by atoms with E-state index in [1.807, 2.05) is 4.72 Å². The Balaban J connectivity index is 1.94. The van der Waals surface area contributed by atoms with Crippen LogP contribution in [0, 0.1) is 0 Å². The number of carbonyl (C=O) groups excluding carboxylic acids is 1. The molecule has 0 bridgehead atoms. The first-order valence-corrected chi connectivity index (χ1v) is 8.03. The highest BCUT2D eigenvalue weighted by Crippen LogP contribution is 2.11. The highest BCUT2D eigenvalue weighted by molar-refractivity contribution is 7.90. The number of hydrogen-bond donors (Lipinski definition) is 1. The molecule has 5 nitrogen and oxygen atoms in total. The van der Waals surface area contributed by atoms with Crippen molar-refractivity contribution >= 4 is 27.5 Å². The molecule has 7 heteroatoms. The first-order valence-electron chi connectivity index (χ1n) is 6.17. The number of hydrogen-bond acceptors (Lipinski definition) is 4. The number of carbonyl (C=O) groups is 1. The zero-order chi connectivity index (χ0) is 15.3. The van der Waals surface area contributed by atoms with Gasteiger partial charge in [0, 0.05) is 23.8 Å². The average molecular weight is 325 g/mol. The fraction of sp³-hybridized carbons (Fsp3) is 0.143. The van der Waals surface area contributed by atoms with Crippen LogP contribution < -0.4 is 4.72 Å². The molecule has 0 saturated heterocycles. The lowest BCUT2D eigenvalue weighted by Crippen LogP contribution is -2.30. The lowest BCUT2D eigenvalue weighted by molar-refractivity contribution is -0.119. The molecule has 0 unspecified atom stereocenters. The number of halogens is 1. The number of aryl methyl sites for hydroxylation is 1. The molecule has 0 aliphatic rings. The second-order valence-corrected chi connectivity index (χ2v) is 6.46. The molecule has 2 rings (SSSR count). The first-order chi connectivity index (χ1) is 9.97. The minimum Gasteiger partial charge on any atom is -0.274 e. The molecule has 0 atom stereocenters. The zero-order valence-electron chi connectivity index (χ0n) is 11.0. The lowest BCUT2D eigenvalue weighted by atomic mass is 10.1. The highest BCUT2D eigenvalue weighted by Gasteiger charge is 2.17. The van der Waals surface area contributed by atoms with Gasteiger partial charge < -0.3 is 0 Å². The van der Waals surface area contributed by atoms with Crippen molar-refractivity contribution < 1.29 is 13.2 Å². The molecule has 1 N–H and O–H groups in total. The molecule has 0 aliphatic heterocycles. The Hall–Kier alpha value is -1.92. The zero-order valence-corrected chi connectivity index (χ0v) is 12.6. The molecule has 2 aromatic rings. The molecule has 0 aliphatic carbocycles. The summed E-state index contributed by atoms with van der Waals surface area (Å²) in [6.07, 6.45) is 3.16. The van der Waals surface area contributed by atoms with Crippen molar-refractivity contribution in [2.75, 3.05) is 0 Å². The van der Waals surface area contributed by atoms with Crippen LogP contribution in [0.4, 0.5) is 0 Å². The summed E-state index contributed by atoms with van der Waals surface area (Å²) in [4.78, 5) is 15.4. The van der Waals surface area contributed by atoms with Crippen LogP contribution in [0.1, 0.15) is 12.0 Å². The van der Waals surface area contributed by atoms with Crippen LogP contribution >= 0.6 is 11.6 Å². The third-order valence-corrected chi connectivity index (χ3v) is 4.36. The van der Waals surface area contributed by atoms with Crippen LogP contribution in [0.3, 0.4) is 0 Å². The molecular formula is C14H13ClN2O3S. The number of aromatic nitrogens is 1. The van der Waals surface area contributed by atoms with E-state index in [2.05, 4.69) is 4.98 Å². The summed E-state index contributed by atoms with van der Waals surface area (Å²) < 4.78 is 25.8. The summed E-state index contributed by atoms with van der Waals surface area (Å²) in [6.45, 7) is 0. The van der Waals surface area contributed by atoms with Crippen LogP contribution in [-0.2, 0) is 21.2 Å². The van der Waals surface area contributed by atoms with Crippen LogP contribution in [-0.4, -0.2) is 19.3 Å². The average Bonchev–Trinajstić information content (AvgIpc) is 2.47. The minimum atomic E-state index is -3.85. The molecular weight excluding hydrogens is 312 g/mol. The van der Waals surface area contributed by atoms with Crippen molar-refractivity contribution in [3.63, 3.8) is 0 Å². The number of amides is 1. The Kier molecular flexibility index (Phi) is 4.93. The van der Waals surface area contributed by atoms with Gasteiger partial charge in [-0.15, -0.1) is 0 Å². The molecule has 0 fully saturated rings. The SMILES string of the molecule is O=C(CCc1ccc(Cl)cc1)NS(=O)(=O)c1cccnc1. The van der Waals surface area contributed by atoms with Crippen LogP contribution in [0.15, 0.2) is 53.7 Å². The number of benzene rings is 1. The van der Waals surface area contributed by atoms with Gasteiger partial charge in [0.1, 0.15) is 4.90 Å². The number of sulfonamides is 1. The van der Waals surface area contributed by atoms with Gasteiger partial charge in [-0.25, -0.2) is 13.1 Å². The highest BCUT2D eigenvalue weighted by atomic mass is 35.5. The molecule has 1 amide bonds. The van der Waals surface area contributed by atoms with Crippen molar-refractivity contribution in [3.05, 3.63) is 59.4 Å². The van der Waals surface area contributed by atoms with Gasteiger partial charge in [0.05, 0.1) is 0 Å². The van der Waals surface area contributed by atoms with E-state index in [0.29, 0.717) is 11.4 Å². The summed E-state index contributed by atoms with van der Waals surface area (Å²) in [5, 5.41) is 0.613. The minimum absolute atomic E-state index is 0.0372. The molecule has 1 aromatic carbocycles. The van der Waals surface area contributed by atoms with Gasteiger partial charge in [0.2, 0.25) is 5.91 Å². The van der Waals surface area contributed by atoms with E-state index in [-0.39, 0.29) is 11.3 Å². The van der Waals surface area contributed by atoms with Gasteiger partial charge in [-0.1, -0.05) is 23.7 Å². The maximum Gasteiger partial charge on any atom is 0.265 e. The number of nitrogens with zero attached hydrogens (tertiary/aromatic N) is 1. The fourth-order valence-corrected chi connectivity index (χ4v) is 2.78. The fourth-order valence-electron chi connectivity index (χ4n) is 1.67. The van der Waals surface area contributed by atoms with Crippen molar-refractivity contribution in [1.82, 2.24) is 9.71 Å². The third kappa shape index (κ3) is 4.54. The van der Waals surface area contributed by atoms with Gasteiger partial charge in [0.15, 0.2) is 0 Å². The summed E-state index contributed by atoms with van der Waals surface area (Å²) >= 11 is 5.76. The Labute approximate surface area is 128 Å². The van der Waals surface area contributed by atoms with Crippen LogP contribution in [0.5, 0.6) is 0 Å². The first kappa shape index (κ1) is 15.5. The number of pyridine rings is 1. The van der Waals surface area contributed by atoms with Crippen LogP contribution in [0.25, 0.3) is 0 Å². The second-order valence-electron chi connectivity index (χ2n) is 4.34. The largest absolute Gasteiger partial charge is 0.274 e. The van der Waals surface area contributed by atoms with Gasteiger partial charge in [0.25, 0.3) is 10.0 Å². The summed E-state index contributed by atoms with van der Waals surface area (Å²) in [6, 6.07) is 9.91. The smallest absolute Gasteiger partial charge is 0.265 e. The normalized spacial score (nSPS) is 11.1. The van der Waals surface area contributed by atoms with Gasteiger partial charge in [-0.3, -0.25) is 9.78 Å². The third-order valence-electron chi connectivity index (χ3n) is 2.75. The van der Waals surface area contributed by atoms with Gasteiger partial charge in [-0.2, -0.15) is 0 Å². The molecule has 21 heavy (non-hydrogen) atoms. The molecule has 0 saturated carbocycles. The maximum absolute atomic E-state index is 11.9. The van der Waals surface area contributed by atoms with E-state index in [4.69, 9.17) is 11.6 Å². The molecule has 110 valence electrons. The van der Waals surface area contributed by atoms with E-state index in [1.165, 1.54) is 24.5 Å². The Bertz CT molecular complexity index is 716. The van der Waals surface area contributed by atoms with E-state index < -0.39 is 15.9 Å². The monoisotopic (exact) mass is 324 g/mol. The van der Waals surface area contributed by atoms with Crippen molar-refractivity contribution in [2.24, 2.45) is 0 Å². The van der Waals surface area contributed by atoms with Gasteiger partial charge >= 0.3 is 0 Å². The Morgan fingerprint density at radius 1 is 1.19 bits per heavy atom. The van der Waals surface area contributed by atoms with Gasteiger partial charge in [-0.05, 0) is 36.2 Å². The van der Waals surface area contributed by atoms with Crippen LogP contribution in [0.2, 0.25) is 5.02 Å². The van der Waals surface area contributed by atoms with Crippen molar-refractivity contribution in [2.45, 2.75) is 17.7 Å². The molecule has 0 spiro atoms. The van der Waals surface area contributed by atoms with E-state index in [0.717, 1.165) is 5.56 Å². The van der Waals surface area contributed by atoms with Crippen molar-refractivity contribution in [1.29, 1.82) is 0 Å². The summed E-state index contributed by atoms with van der Waals surface area (Å²) in [7, 11) is -3.85. The predicted octanol–water partition coefficient (Wildman–Crippen LogP) is 2.17. The van der Waals surface area contributed by atoms with E-state index in [9.17, 15) is 13.2 Å². The molecule has 1 heterocycles. The second kappa shape index (κ2) is 6.69. The van der Waals surface area contributed by atoms with E-state index >= 15 is 0 Å². The standard InChI is InChI=1S/C14H13ClN2O3S/c15-12-6-3-11(4-7-12)5-8-14(18)17-21(19,20)13-2-1-9-16-10-13/h1-4,6-7,9-10H,5,8H2,(H,17,18). The Morgan fingerprint density at radius 3 is 2.52 bits per heavy atom. The topological polar surface area (TPSA) is 76.1 Å². The predicted molar refractivity (Wildman–Crippen MR) is 79.3 cm³/mol. The van der Waals surface area contributed by atoms with E-state index in [1.54, 1.807) is 24.3 Å². The summed E-state index contributed by atoms with van der Waals surface area (Å²) in [5.41, 5.74) is 0.910. The maximum atomic E-state index is 11.9. The summed E-state index contributed by atoms with van der Waals surface area (Å²) in [5.74, 6) is -0.561. The molecule has 1 aromatic heterocycles. The Morgan fingerprint density at radius 2 is 1.90 bits per heavy atom. The molecule has 0 radical (unpaired) electrons. The quantitative estimate of drug-likeness (QED) is 0.914. The number of nitrogens with one attached hydrogen (secondary N) is 1. The number of rotatable bonds is 5. The van der Waals surface area contributed by atoms with Crippen molar-refractivity contribution in [3.8, 4) is 0 Å².